The standard InChI is InChI=1S/C16H20FN5O4/c1-8-19-14(21-9-3-4-25-6-9)12-15(20-8)22(7-18-12)16-11(17)13(24-2)10(5-23)26-16/h7,9,11,16,23H,3-6H2,1-2H3,(H,19,20,21)/t9-,11+,16-/m1/s1. The number of nitrogens with zero attached hydrogens (tertiary/aromatic N) is 4. The molecule has 26 heavy (non-hydrogen) atoms. The van der Waals surface area contributed by atoms with Crippen molar-refractivity contribution in [2.45, 2.75) is 31.8 Å². The molecule has 0 amide bonds. The fraction of sp³-hybridized carbons (Fsp3) is 0.562. The Morgan fingerprint density at radius 3 is 2.96 bits per heavy atom. The van der Waals surface area contributed by atoms with E-state index in [-0.39, 0.29) is 17.6 Å². The van der Waals surface area contributed by atoms with Crippen LogP contribution < -0.4 is 5.32 Å². The molecule has 1 fully saturated rings. The molecule has 0 unspecified atom stereocenters. The van der Waals surface area contributed by atoms with Crippen molar-refractivity contribution >= 4 is 17.0 Å². The zero-order chi connectivity index (χ0) is 18.3. The minimum Gasteiger partial charge on any atom is -0.494 e. The van der Waals surface area contributed by atoms with Gasteiger partial charge in [-0.1, -0.05) is 0 Å². The number of alkyl halides is 1. The molecule has 2 N–H and O–H groups in total. The van der Waals surface area contributed by atoms with Gasteiger partial charge in [0, 0.05) is 6.61 Å². The fourth-order valence-electron chi connectivity index (χ4n) is 3.24. The number of halogens is 1. The van der Waals surface area contributed by atoms with Gasteiger partial charge in [-0.3, -0.25) is 4.57 Å². The molecule has 4 rings (SSSR count). The van der Waals surface area contributed by atoms with Gasteiger partial charge in [-0.05, 0) is 13.3 Å². The lowest BCUT2D eigenvalue weighted by atomic mass is 10.2. The van der Waals surface area contributed by atoms with Gasteiger partial charge in [0.15, 0.2) is 28.5 Å². The van der Waals surface area contributed by atoms with E-state index < -0.39 is 19.0 Å². The largest absolute Gasteiger partial charge is 0.494 e. The number of imidazole rings is 1. The Morgan fingerprint density at radius 2 is 2.31 bits per heavy atom. The van der Waals surface area contributed by atoms with Crippen molar-refractivity contribution < 1.29 is 23.7 Å². The Labute approximate surface area is 148 Å². The van der Waals surface area contributed by atoms with Crippen LogP contribution in [-0.4, -0.2) is 63.8 Å². The van der Waals surface area contributed by atoms with Crippen molar-refractivity contribution in [1.82, 2.24) is 19.5 Å². The maximum atomic E-state index is 14.8. The smallest absolute Gasteiger partial charge is 0.217 e. The summed E-state index contributed by atoms with van der Waals surface area (Å²) < 4.78 is 32.2. The lowest BCUT2D eigenvalue weighted by Gasteiger charge is -2.17. The third-order valence-electron chi connectivity index (χ3n) is 4.48. The molecule has 9 nitrogen and oxygen atoms in total. The van der Waals surface area contributed by atoms with Gasteiger partial charge in [0.2, 0.25) is 12.4 Å². The number of aliphatic hydroxyl groups excluding tert-OH is 1. The number of rotatable bonds is 5. The molecule has 3 atom stereocenters. The lowest BCUT2D eigenvalue weighted by molar-refractivity contribution is 0.0218. The third-order valence-corrected chi connectivity index (χ3v) is 4.48. The molecule has 2 aromatic heterocycles. The third kappa shape index (κ3) is 2.74. The Morgan fingerprint density at radius 1 is 1.46 bits per heavy atom. The monoisotopic (exact) mass is 365 g/mol. The molecule has 0 spiro atoms. The first-order valence-electron chi connectivity index (χ1n) is 8.36. The van der Waals surface area contributed by atoms with Crippen LogP contribution in [0.3, 0.4) is 0 Å². The summed E-state index contributed by atoms with van der Waals surface area (Å²) in [5.41, 5.74) is 0.968. The summed E-state index contributed by atoms with van der Waals surface area (Å²) in [6.07, 6.45) is -0.284. The van der Waals surface area contributed by atoms with Crippen LogP contribution in [0.4, 0.5) is 10.2 Å². The second-order valence-electron chi connectivity index (χ2n) is 6.21. The Bertz CT molecular complexity index is 849. The molecule has 2 aliphatic heterocycles. The maximum absolute atomic E-state index is 14.8. The summed E-state index contributed by atoms with van der Waals surface area (Å²) >= 11 is 0. The SMILES string of the molecule is COC1=C(CO)O[C@@H](n2cnc3c(N[C@@H]4CCOC4)nc(C)nc32)[C@H]1F. The molecule has 4 heterocycles. The Kier molecular flexibility index (Phi) is 4.37. The number of fused-ring (bicyclic) bond motifs is 1. The van der Waals surface area contributed by atoms with Gasteiger partial charge in [0.05, 0.1) is 19.8 Å². The van der Waals surface area contributed by atoms with Crippen LogP contribution in [0, 0.1) is 6.92 Å². The predicted octanol–water partition coefficient (Wildman–Crippen LogP) is 1.05. The Hall–Kier alpha value is -2.46. The molecule has 0 saturated carbocycles. The molecule has 10 heteroatoms. The van der Waals surface area contributed by atoms with E-state index in [1.165, 1.54) is 18.0 Å². The van der Waals surface area contributed by atoms with Gasteiger partial charge in [0.25, 0.3) is 0 Å². The van der Waals surface area contributed by atoms with E-state index in [0.29, 0.717) is 36.0 Å². The van der Waals surface area contributed by atoms with E-state index in [4.69, 9.17) is 14.2 Å². The molecule has 1 saturated heterocycles. The van der Waals surface area contributed by atoms with E-state index in [2.05, 4.69) is 20.3 Å². The first kappa shape index (κ1) is 17.0. The molecular weight excluding hydrogens is 345 g/mol. The number of hydrogen-bond acceptors (Lipinski definition) is 8. The summed E-state index contributed by atoms with van der Waals surface area (Å²) in [5, 5.41) is 12.7. The fourth-order valence-corrected chi connectivity index (χ4v) is 3.24. The van der Waals surface area contributed by atoms with Crippen LogP contribution in [0.5, 0.6) is 0 Å². The van der Waals surface area contributed by atoms with Gasteiger partial charge in [-0.15, -0.1) is 0 Å². The van der Waals surface area contributed by atoms with Crippen molar-refractivity contribution in [3.63, 3.8) is 0 Å². The minimum absolute atomic E-state index is 0.0217. The normalized spacial score (nSPS) is 25.8. The van der Waals surface area contributed by atoms with Gasteiger partial charge in [-0.2, -0.15) is 0 Å². The second-order valence-corrected chi connectivity index (χ2v) is 6.21. The number of anilines is 1. The first-order valence-corrected chi connectivity index (χ1v) is 8.36. The van der Waals surface area contributed by atoms with Crippen LogP contribution >= 0.6 is 0 Å². The molecule has 0 aliphatic carbocycles. The van der Waals surface area contributed by atoms with Crippen molar-refractivity contribution in [2.24, 2.45) is 0 Å². The summed E-state index contributed by atoms with van der Waals surface area (Å²) in [6, 6.07) is 0.150. The Balaban J connectivity index is 1.70. The average Bonchev–Trinajstić information content (AvgIpc) is 3.33. The topological polar surface area (TPSA) is 104 Å². The quantitative estimate of drug-likeness (QED) is 0.810. The molecular formula is C16H20FN5O4. The minimum atomic E-state index is -1.57. The predicted molar refractivity (Wildman–Crippen MR) is 89.0 cm³/mol. The highest BCUT2D eigenvalue weighted by atomic mass is 19.1. The van der Waals surface area contributed by atoms with E-state index >= 15 is 0 Å². The van der Waals surface area contributed by atoms with Crippen molar-refractivity contribution in [3.8, 4) is 0 Å². The van der Waals surface area contributed by atoms with E-state index in [0.717, 1.165) is 6.42 Å². The second kappa shape index (κ2) is 6.69. The lowest BCUT2D eigenvalue weighted by Crippen LogP contribution is -2.21. The zero-order valence-corrected chi connectivity index (χ0v) is 14.5. The van der Waals surface area contributed by atoms with Crippen molar-refractivity contribution in [2.75, 3.05) is 32.2 Å². The van der Waals surface area contributed by atoms with Crippen LogP contribution in [0.2, 0.25) is 0 Å². The number of aliphatic hydroxyl groups is 1. The molecule has 2 aromatic rings. The first-order chi connectivity index (χ1) is 12.6. The highest BCUT2D eigenvalue weighted by Gasteiger charge is 2.40. The van der Waals surface area contributed by atoms with Gasteiger partial charge in [0.1, 0.15) is 18.8 Å². The molecule has 140 valence electrons. The van der Waals surface area contributed by atoms with E-state index in [1.54, 1.807) is 6.92 Å². The van der Waals surface area contributed by atoms with Gasteiger partial charge >= 0.3 is 0 Å². The maximum Gasteiger partial charge on any atom is 0.217 e. The number of aryl methyl sites for hydroxylation is 1. The molecule has 0 aromatic carbocycles. The molecule has 2 aliphatic rings. The number of methoxy groups -OCH3 is 1. The molecule has 0 radical (unpaired) electrons. The average molecular weight is 365 g/mol. The summed E-state index contributed by atoms with van der Waals surface area (Å²) in [6.45, 7) is 2.61. The van der Waals surface area contributed by atoms with Crippen LogP contribution in [-0.2, 0) is 14.2 Å². The summed E-state index contributed by atoms with van der Waals surface area (Å²) in [7, 11) is 1.34. The number of hydrogen-bond donors (Lipinski definition) is 2. The number of nitrogens with one attached hydrogen (secondary N) is 1. The molecule has 0 bridgehead atoms. The summed E-state index contributed by atoms with van der Waals surface area (Å²) in [5.74, 6) is 1.15. The van der Waals surface area contributed by atoms with Gasteiger partial charge in [-0.25, -0.2) is 19.3 Å². The number of aromatic nitrogens is 4. The number of ether oxygens (including phenoxy) is 3. The van der Waals surface area contributed by atoms with E-state index in [9.17, 15) is 9.50 Å². The zero-order valence-electron chi connectivity index (χ0n) is 14.5. The highest BCUT2D eigenvalue weighted by molar-refractivity contribution is 5.83. The van der Waals surface area contributed by atoms with Crippen molar-refractivity contribution in [3.05, 3.63) is 23.7 Å². The van der Waals surface area contributed by atoms with Crippen LogP contribution in [0.1, 0.15) is 18.5 Å². The van der Waals surface area contributed by atoms with E-state index in [1.807, 2.05) is 0 Å². The van der Waals surface area contributed by atoms with Crippen molar-refractivity contribution in [1.29, 1.82) is 0 Å². The van der Waals surface area contributed by atoms with Gasteiger partial charge < -0.3 is 24.6 Å². The van der Waals surface area contributed by atoms with Crippen LogP contribution in [0.15, 0.2) is 17.8 Å². The highest BCUT2D eigenvalue weighted by Crippen LogP contribution is 2.37. The van der Waals surface area contributed by atoms with Crippen LogP contribution in [0.25, 0.3) is 11.2 Å². The summed E-state index contributed by atoms with van der Waals surface area (Å²) in [4.78, 5) is 13.2.